The molecule has 0 radical (unpaired) electrons. The van der Waals surface area contributed by atoms with Gasteiger partial charge in [-0.15, -0.1) is 0 Å². The molecule has 3 nitrogen and oxygen atoms in total. The van der Waals surface area contributed by atoms with Gasteiger partial charge in [0.1, 0.15) is 5.75 Å². The average molecular weight is 289 g/mol. The Labute approximate surface area is 123 Å². The summed E-state index contributed by atoms with van der Waals surface area (Å²) in [6, 6.07) is 9.95. The molecule has 0 aliphatic rings. The second kappa shape index (κ2) is 7.70. The maximum atomic E-state index is 11.7. The van der Waals surface area contributed by atoms with Crippen LogP contribution in [0.3, 0.4) is 0 Å². The molecule has 0 saturated heterocycles. The van der Waals surface area contributed by atoms with Gasteiger partial charge in [-0.05, 0) is 46.9 Å². The predicted molar refractivity (Wildman–Crippen MR) is 82.3 cm³/mol. The van der Waals surface area contributed by atoms with Crippen molar-refractivity contribution in [3.05, 3.63) is 52.2 Å². The molecule has 1 aromatic heterocycles. The molecule has 0 bridgehead atoms. The van der Waals surface area contributed by atoms with Crippen LogP contribution in [0.5, 0.6) is 5.75 Å². The number of rotatable bonds is 7. The van der Waals surface area contributed by atoms with Crippen LogP contribution < -0.4 is 10.1 Å². The van der Waals surface area contributed by atoms with E-state index in [-0.39, 0.29) is 5.91 Å². The first-order chi connectivity index (χ1) is 9.79. The maximum absolute atomic E-state index is 11.7. The molecule has 106 valence electrons. The number of nitrogens with one attached hydrogen (secondary N) is 1. The Balaban J connectivity index is 1.71. The van der Waals surface area contributed by atoms with E-state index in [1.807, 2.05) is 29.6 Å². The van der Waals surface area contributed by atoms with Crippen LogP contribution in [-0.4, -0.2) is 19.6 Å². The Morgan fingerprint density at radius 2 is 2.10 bits per heavy atom. The van der Waals surface area contributed by atoms with Crippen LogP contribution in [0.25, 0.3) is 0 Å². The third-order valence-electron chi connectivity index (χ3n) is 3.13. The lowest BCUT2D eigenvalue weighted by molar-refractivity contribution is -0.121. The fourth-order valence-corrected chi connectivity index (χ4v) is 2.73. The van der Waals surface area contributed by atoms with E-state index >= 15 is 0 Å². The molecule has 0 fully saturated rings. The summed E-state index contributed by atoms with van der Waals surface area (Å²) in [4.78, 5) is 11.7. The Bertz CT molecular complexity index is 537. The minimum atomic E-state index is 0.103. The van der Waals surface area contributed by atoms with Crippen molar-refractivity contribution in [1.82, 2.24) is 5.32 Å². The van der Waals surface area contributed by atoms with Crippen molar-refractivity contribution in [3.8, 4) is 5.75 Å². The Kier molecular flexibility index (Phi) is 5.62. The van der Waals surface area contributed by atoms with Crippen molar-refractivity contribution < 1.29 is 9.53 Å². The summed E-state index contributed by atoms with van der Waals surface area (Å²) in [7, 11) is 1.66. The van der Waals surface area contributed by atoms with Gasteiger partial charge in [0.25, 0.3) is 0 Å². The normalized spacial score (nSPS) is 10.2. The second-order valence-corrected chi connectivity index (χ2v) is 5.32. The number of para-hydroxylation sites is 1. The molecule has 1 amide bonds. The van der Waals surface area contributed by atoms with E-state index in [1.54, 1.807) is 18.4 Å². The molecular formula is C16H19NO2S. The Morgan fingerprint density at radius 3 is 2.85 bits per heavy atom. The second-order valence-electron chi connectivity index (χ2n) is 4.54. The number of benzene rings is 1. The summed E-state index contributed by atoms with van der Waals surface area (Å²) in [5.74, 6) is 0.978. The van der Waals surface area contributed by atoms with Crippen LogP contribution in [0.15, 0.2) is 41.1 Å². The Hall–Kier alpha value is -1.81. The van der Waals surface area contributed by atoms with Crippen molar-refractivity contribution in [3.63, 3.8) is 0 Å². The molecule has 1 N–H and O–H groups in total. The monoisotopic (exact) mass is 289 g/mol. The number of thiophene rings is 1. The van der Waals surface area contributed by atoms with Gasteiger partial charge >= 0.3 is 0 Å². The molecule has 20 heavy (non-hydrogen) atoms. The first-order valence-electron chi connectivity index (χ1n) is 6.69. The van der Waals surface area contributed by atoms with E-state index in [1.165, 1.54) is 5.56 Å². The molecule has 0 unspecified atom stereocenters. The van der Waals surface area contributed by atoms with E-state index in [2.05, 4.69) is 16.8 Å². The molecule has 1 aromatic carbocycles. The van der Waals surface area contributed by atoms with E-state index in [4.69, 9.17) is 4.74 Å². The van der Waals surface area contributed by atoms with Gasteiger partial charge in [-0.2, -0.15) is 11.3 Å². The summed E-state index contributed by atoms with van der Waals surface area (Å²) < 4.78 is 5.29. The molecule has 4 heteroatoms. The van der Waals surface area contributed by atoms with Gasteiger partial charge in [0.15, 0.2) is 0 Å². The molecule has 0 atom stereocenters. The van der Waals surface area contributed by atoms with Gasteiger partial charge in [0.2, 0.25) is 5.91 Å². The van der Waals surface area contributed by atoms with Crippen LogP contribution in [0.1, 0.15) is 17.5 Å². The molecule has 2 rings (SSSR count). The quantitative estimate of drug-likeness (QED) is 0.851. The van der Waals surface area contributed by atoms with E-state index in [0.717, 1.165) is 24.2 Å². The molecule has 0 saturated carbocycles. The van der Waals surface area contributed by atoms with Crippen LogP contribution >= 0.6 is 11.3 Å². The summed E-state index contributed by atoms with van der Waals surface area (Å²) in [6.07, 6.45) is 2.14. The van der Waals surface area contributed by atoms with E-state index in [9.17, 15) is 4.79 Å². The van der Waals surface area contributed by atoms with Crippen molar-refractivity contribution in [2.75, 3.05) is 13.7 Å². The number of ether oxygens (including phenoxy) is 1. The summed E-state index contributed by atoms with van der Waals surface area (Å²) in [5.41, 5.74) is 2.35. The standard InChI is InChI=1S/C16H19NO2S/c1-19-15-5-3-2-4-14(15)8-10-17-16(18)7-6-13-9-11-20-12-13/h2-5,9,11-12H,6-8,10H2,1H3,(H,17,18). The SMILES string of the molecule is COc1ccccc1CCNC(=O)CCc1ccsc1. The van der Waals surface area contributed by atoms with Gasteiger partial charge in [-0.3, -0.25) is 4.79 Å². The lowest BCUT2D eigenvalue weighted by atomic mass is 10.1. The predicted octanol–water partition coefficient (Wildman–Crippen LogP) is 3.05. The number of carbonyl (C=O) groups is 1. The fourth-order valence-electron chi connectivity index (χ4n) is 2.03. The lowest BCUT2D eigenvalue weighted by Crippen LogP contribution is -2.25. The van der Waals surface area contributed by atoms with Gasteiger partial charge in [-0.1, -0.05) is 18.2 Å². The molecule has 1 heterocycles. The zero-order valence-electron chi connectivity index (χ0n) is 11.6. The minimum Gasteiger partial charge on any atom is -0.496 e. The first-order valence-corrected chi connectivity index (χ1v) is 7.63. The Morgan fingerprint density at radius 1 is 1.25 bits per heavy atom. The lowest BCUT2D eigenvalue weighted by Gasteiger charge is -2.09. The number of hydrogen-bond acceptors (Lipinski definition) is 3. The van der Waals surface area contributed by atoms with Crippen LogP contribution in [0.2, 0.25) is 0 Å². The minimum absolute atomic E-state index is 0.103. The van der Waals surface area contributed by atoms with Gasteiger partial charge in [0.05, 0.1) is 7.11 Å². The molecule has 0 aliphatic heterocycles. The summed E-state index contributed by atoms with van der Waals surface area (Å²) in [5, 5.41) is 7.08. The van der Waals surface area contributed by atoms with Gasteiger partial charge < -0.3 is 10.1 Å². The van der Waals surface area contributed by atoms with E-state index in [0.29, 0.717) is 13.0 Å². The van der Waals surface area contributed by atoms with Gasteiger partial charge in [-0.25, -0.2) is 0 Å². The number of aryl methyl sites for hydroxylation is 1. The van der Waals surface area contributed by atoms with Crippen LogP contribution in [-0.2, 0) is 17.6 Å². The summed E-state index contributed by atoms with van der Waals surface area (Å²) >= 11 is 1.66. The van der Waals surface area contributed by atoms with Crippen LogP contribution in [0, 0.1) is 0 Å². The topological polar surface area (TPSA) is 38.3 Å². The maximum Gasteiger partial charge on any atom is 0.220 e. The average Bonchev–Trinajstić information content (AvgIpc) is 2.99. The largest absolute Gasteiger partial charge is 0.496 e. The third-order valence-corrected chi connectivity index (χ3v) is 3.86. The number of hydrogen-bond donors (Lipinski definition) is 1. The summed E-state index contributed by atoms with van der Waals surface area (Å²) in [6.45, 7) is 0.642. The van der Waals surface area contributed by atoms with Crippen LogP contribution in [0.4, 0.5) is 0 Å². The fraction of sp³-hybridized carbons (Fsp3) is 0.312. The van der Waals surface area contributed by atoms with Gasteiger partial charge in [0, 0.05) is 13.0 Å². The number of amides is 1. The molecule has 0 spiro atoms. The highest BCUT2D eigenvalue weighted by Gasteiger charge is 2.04. The number of methoxy groups -OCH3 is 1. The molecule has 0 aliphatic carbocycles. The van der Waals surface area contributed by atoms with Crippen molar-refractivity contribution in [1.29, 1.82) is 0 Å². The highest BCUT2D eigenvalue weighted by atomic mass is 32.1. The zero-order chi connectivity index (χ0) is 14.2. The highest BCUT2D eigenvalue weighted by molar-refractivity contribution is 7.07. The zero-order valence-corrected chi connectivity index (χ0v) is 12.4. The molecule has 2 aromatic rings. The van der Waals surface area contributed by atoms with Crippen molar-refractivity contribution in [2.24, 2.45) is 0 Å². The van der Waals surface area contributed by atoms with E-state index < -0.39 is 0 Å². The highest BCUT2D eigenvalue weighted by Crippen LogP contribution is 2.17. The molecular weight excluding hydrogens is 270 g/mol. The third kappa shape index (κ3) is 4.38. The van der Waals surface area contributed by atoms with Crippen molar-refractivity contribution in [2.45, 2.75) is 19.3 Å². The number of carbonyl (C=O) groups excluding carboxylic acids is 1. The smallest absolute Gasteiger partial charge is 0.220 e. The first kappa shape index (κ1) is 14.6. The van der Waals surface area contributed by atoms with Crippen molar-refractivity contribution >= 4 is 17.2 Å².